The minimum atomic E-state index is -3.94. The van der Waals surface area contributed by atoms with Crippen LogP contribution in [0.4, 0.5) is 8.78 Å². The van der Waals surface area contributed by atoms with Crippen molar-refractivity contribution in [2.45, 2.75) is 120 Å². The Kier molecular flexibility index (Phi) is 10.1. The molecule has 16 heteroatoms. The average Bonchev–Trinajstić information content (AvgIpc) is 3.99. The maximum Gasteiger partial charge on any atom is 0.292 e. The summed E-state index contributed by atoms with van der Waals surface area (Å²) in [6.45, 7) is 5.60. The van der Waals surface area contributed by atoms with Gasteiger partial charge in [-0.1, -0.05) is 57.9 Å². The highest BCUT2D eigenvalue weighted by Gasteiger charge is 2.62. The van der Waals surface area contributed by atoms with E-state index in [2.05, 4.69) is 25.3 Å². The fraction of sp³-hybridized carbons (Fsp3) is 0.611. The van der Waals surface area contributed by atoms with Gasteiger partial charge in [-0.15, -0.1) is 0 Å². The van der Waals surface area contributed by atoms with Crippen LogP contribution in [0.25, 0.3) is 11.0 Å². The minimum Gasteiger partial charge on any atom is -0.471 e. The van der Waals surface area contributed by atoms with E-state index in [9.17, 15) is 36.4 Å². The Morgan fingerprint density at radius 3 is 2.37 bits per heavy atom. The van der Waals surface area contributed by atoms with Crippen LogP contribution in [0.15, 0.2) is 36.4 Å². The number of alkyl halides is 2. The van der Waals surface area contributed by atoms with Crippen LogP contribution >= 0.6 is 0 Å². The van der Waals surface area contributed by atoms with Crippen molar-refractivity contribution in [3.05, 3.63) is 42.1 Å². The summed E-state index contributed by atoms with van der Waals surface area (Å²) < 4.78 is 63.5. The summed E-state index contributed by atoms with van der Waals surface area (Å²) in [7, 11) is -3.94. The number of rotatable bonds is 7. The van der Waals surface area contributed by atoms with Gasteiger partial charge in [0.05, 0.1) is 22.8 Å². The molecule has 4 aliphatic rings. The van der Waals surface area contributed by atoms with E-state index in [0.717, 1.165) is 12.8 Å². The monoisotopic (exact) mass is 744 g/mol. The molecule has 6 rings (SSSR count). The molecule has 282 valence electrons. The Labute approximate surface area is 301 Å². The smallest absolute Gasteiger partial charge is 0.292 e. The van der Waals surface area contributed by atoms with E-state index < -0.39 is 85.6 Å². The van der Waals surface area contributed by atoms with E-state index in [1.165, 1.54) is 4.90 Å². The lowest BCUT2D eigenvalue weighted by molar-refractivity contribution is -0.143. The molecule has 5 atom stereocenters. The normalized spacial score (nSPS) is 27.5. The van der Waals surface area contributed by atoms with Crippen molar-refractivity contribution in [3.8, 4) is 5.88 Å². The lowest BCUT2D eigenvalue weighted by atomic mass is 9.94. The molecule has 1 aromatic carbocycles. The lowest BCUT2D eigenvalue weighted by Gasteiger charge is -2.31. The molecule has 1 saturated heterocycles. The van der Waals surface area contributed by atoms with Gasteiger partial charge in [-0.05, 0) is 50.7 Å². The Balaban J connectivity index is 1.34. The van der Waals surface area contributed by atoms with E-state index in [0.29, 0.717) is 38.1 Å². The molecule has 3 N–H and O–H groups in total. The molecule has 0 radical (unpaired) electrons. The first kappa shape index (κ1) is 37.5. The number of carbonyl (C=O) groups is 4. The van der Waals surface area contributed by atoms with E-state index in [4.69, 9.17) is 4.74 Å². The van der Waals surface area contributed by atoms with Crippen LogP contribution in [0.5, 0.6) is 5.88 Å². The first-order chi connectivity index (χ1) is 24.4. The van der Waals surface area contributed by atoms with Crippen molar-refractivity contribution >= 4 is 44.7 Å². The largest absolute Gasteiger partial charge is 0.471 e. The third-order valence-corrected chi connectivity index (χ3v) is 11.9. The van der Waals surface area contributed by atoms with Crippen LogP contribution in [0.2, 0.25) is 0 Å². The number of para-hydroxylation sites is 2. The van der Waals surface area contributed by atoms with Crippen molar-refractivity contribution in [2.24, 2.45) is 11.3 Å². The molecule has 13 nitrogen and oxygen atoms in total. The van der Waals surface area contributed by atoms with Gasteiger partial charge in [-0.2, -0.15) is 8.78 Å². The fourth-order valence-electron chi connectivity index (χ4n) is 6.73. The molecule has 2 aliphatic heterocycles. The van der Waals surface area contributed by atoms with Crippen molar-refractivity contribution in [2.75, 3.05) is 6.54 Å². The van der Waals surface area contributed by atoms with Gasteiger partial charge >= 0.3 is 0 Å². The molecular weight excluding hydrogens is 698 g/mol. The highest BCUT2D eigenvalue weighted by molar-refractivity contribution is 7.91. The van der Waals surface area contributed by atoms with Crippen molar-refractivity contribution in [1.29, 1.82) is 0 Å². The molecule has 5 unspecified atom stereocenters. The summed E-state index contributed by atoms with van der Waals surface area (Å²) in [5, 5.41) is 4.97. The second-order valence-electron chi connectivity index (χ2n) is 15.5. The molecule has 2 aromatic rings. The number of aromatic nitrogens is 2. The average molecular weight is 745 g/mol. The van der Waals surface area contributed by atoms with E-state index in [-0.39, 0.29) is 37.2 Å². The molecule has 2 aliphatic carbocycles. The summed E-state index contributed by atoms with van der Waals surface area (Å²) >= 11 is 0. The Morgan fingerprint density at radius 1 is 1.02 bits per heavy atom. The summed E-state index contributed by atoms with van der Waals surface area (Å²) in [6, 6.07) is 4.20. The number of nitrogens with zero attached hydrogens (tertiary/aromatic N) is 3. The summed E-state index contributed by atoms with van der Waals surface area (Å²) in [4.78, 5) is 65.2. The number of hydrogen-bond acceptors (Lipinski definition) is 9. The van der Waals surface area contributed by atoms with Gasteiger partial charge in [0, 0.05) is 24.7 Å². The predicted octanol–water partition coefficient (Wildman–Crippen LogP) is 3.62. The first-order valence-electron chi connectivity index (χ1n) is 17.9. The van der Waals surface area contributed by atoms with E-state index in [1.807, 2.05) is 12.2 Å². The van der Waals surface area contributed by atoms with Crippen LogP contribution < -0.4 is 20.1 Å². The van der Waals surface area contributed by atoms with Crippen LogP contribution in [0.3, 0.4) is 0 Å². The van der Waals surface area contributed by atoms with Gasteiger partial charge in [0.25, 0.3) is 11.8 Å². The van der Waals surface area contributed by atoms with Crippen LogP contribution in [-0.4, -0.2) is 82.4 Å². The molecule has 0 spiro atoms. The number of nitrogens with one attached hydrogen (secondary N) is 3. The standard InChI is InChI=1S/C36H46F2N6O7S/c1-34(2,3)32(47)41-26-15-9-7-5-6-8-12-21-19-36(21,33(48)43-52(49,50)23-16-17-23)42-29(45)27-18-22(20-44(27)31(26)46)51-30-28(35(4,37)38)39-24-13-10-11-14-25(24)40-30/h8,10-14,21-23,26-27H,5-7,9,15-20H2,1-4H3,(H,41,47)(H,42,45)(H,43,48). The molecule has 4 amide bonds. The van der Waals surface area contributed by atoms with Crippen molar-refractivity contribution in [3.63, 3.8) is 0 Å². The maximum atomic E-state index is 14.9. The number of sulfonamides is 1. The molecule has 2 saturated carbocycles. The molecule has 1 aromatic heterocycles. The van der Waals surface area contributed by atoms with Gasteiger partial charge in [0.1, 0.15) is 23.7 Å². The van der Waals surface area contributed by atoms with Gasteiger partial charge in [0.15, 0.2) is 5.69 Å². The van der Waals surface area contributed by atoms with Crippen LogP contribution in [-0.2, 0) is 35.1 Å². The number of fused-ring (bicyclic) bond motifs is 3. The number of ether oxygens (including phenoxy) is 1. The zero-order valence-corrected chi connectivity index (χ0v) is 30.6. The van der Waals surface area contributed by atoms with Crippen LogP contribution in [0.1, 0.15) is 91.2 Å². The van der Waals surface area contributed by atoms with Crippen LogP contribution in [0, 0.1) is 11.3 Å². The Hall–Kier alpha value is -4.21. The second kappa shape index (κ2) is 14.0. The summed E-state index contributed by atoms with van der Waals surface area (Å²) in [5.41, 5.74) is -2.57. The summed E-state index contributed by atoms with van der Waals surface area (Å²) in [5.74, 6) is -6.91. The van der Waals surface area contributed by atoms with Gasteiger partial charge in [-0.3, -0.25) is 23.9 Å². The van der Waals surface area contributed by atoms with E-state index >= 15 is 0 Å². The fourth-order valence-corrected chi connectivity index (χ4v) is 8.10. The number of halogens is 2. The van der Waals surface area contributed by atoms with Crippen molar-refractivity contribution in [1.82, 2.24) is 30.2 Å². The molecule has 52 heavy (non-hydrogen) atoms. The lowest BCUT2D eigenvalue weighted by Crippen LogP contribution is -2.58. The van der Waals surface area contributed by atoms with Crippen molar-refractivity contribution < 1.29 is 41.1 Å². The SMILES string of the molecule is CC(C)(C)C(=O)NC1CCCCCC=CC2CC2(C(=O)NS(=O)(=O)C2CC2)NC(=O)C2CC(Oc3nc4ccccc4nc3C(C)(F)F)CN2C1=O. The molecule has 3 heterocycles. The topological polar surface area (TPSA) is 177 Å². The predicted molar refractivity (Wildman–Crippen MR) is 186 cm³/mol. The Bertz CT molecular complexity index is 1890. The highest BCUT2D eigenvalue weighted by Crippen LogP contribution is 2.46. The third kappa shape index (κ3) is 8.06. The number of amides is 4. The first-order valence-corrected chi connectivity index (χ1v) is 19.4. The minimum absolute atomic E-state index is 0.147. The number of benzene rings is 1. The zero-order chi connectivity index (χ0) is 37.6. The molecule has 0 bridgehead atoms. The number of hydrogen-bond donors (Lipinski definition) is 3. The van der Waals surface area contributed by atoms with Gasteiger partial charge < -0.3 is 20.3 Å². The second-order valence-corrected chi connectivity index (χ2v) is 17.5. The van der Waals surface area contributed by atoms with Gasteiger partial charge in [-0.25, -0.2) is 18.4 Å². The molecule has 3 fully saturated rings. The molecular formula is C36H46F2N6O7S. The quantitative estimate of drug-likeness (QED) is 0.358. The zero-order valence-electron chi connectivity index (χ0n) is 29.8. The Morgan fingerprint density at radius 2 is 1.71 bits per heavy atom. The third-order valence-electron chi connectivity index (χ3n) is 10.1. The van der Waals surface area contributed by atoms with E-state index in [1.54, 1.807) is 45.0 Å². The maximum absolute atomic E-state index is 14.9. The highest BCUT2D eigenvalue weighted by atomic mass is 32.2. The number of carbonyl (C=O) groups excluding carboxylic acids is 4. The van der Waals surface area contributed by atoms with Gasteiger partial charge in [0.2, 0.25) is 33.6 Å². The number of allylic oxidation sites excluding steroid dienone is 1. The summed E-state index contributed by atoms with van der Waals surface area (Å²) in [6.07, 6.45) is 6.60.